The molecule has 0 rings (SSSR count). The van der Waals surface area contributed by atoms with Crippen molar-refractivity contribution in [2.45, 2.75) is 6.17 Å². The largest absolute Gasteiger partial charge is 0.479 e. The van der Waals surface area contributed by atoms with E-state index in [4.69, 9.17) is 10.3 Å². The fraction of sp³-hybridized carbons (Fsp3) is 0.500. The number of hydrogen-bond donors (Lipinski definition) is 4. The van der Waals surface area contributed by atoms with Crippen LogP contribution in [0.4, 0.5) is 0 Å². The van der Waals surface area contributed by atoms with Gasteiger partial charge >= 0.3 is 5.97 Å². The van der Waals surface area contributed by atoms with Crippen LogP contribution in [0.25, 0.3) is 0 Å². The van der Waals surface area contributed by atoms with Gasteiger partial charge in [0.05, 0.1) is 0 Å². The highest BCUT2D eigenvalue weighted by Crippen LogP contribution is 1.63. The van der Waals surface area contributed by atoms with Crippen LogP contribution in [-0.4, -0.2) is 22.4 Å². The van der Waals surface area contributed by atoms with Crippen LogP contribution in [0.5, 0.6) is 0 Å². The highest BCUT2D eigenvalue weighted by atomic mass is 16.5. The summed E-state index contributed by atoms with van der Waals surface area (Å²) >= 11 is 0. The third-order valence-electron chi connectivity index (χ3n) is 0.405. The average molecular weight is 106 g/mol. The summed E-state index contributed by atoms with van der Waals surface area (Å²) in [5.41, 5.74) is 6.00. The van der Waals surface area contributed by atoms with Gasteiger partial charge < -0.3 is 16.0 Å². The van der Waals surface area contributed by atoms with Gasteiger partial charge in [-0.25, -0.2) is 4.79 Å². The van der Waals surface area contributed by atoms with Crippen molar-refractivity contribution in [1.82, 2.24) is 5.48 Å². The summed E-state index contributed by atoms with van der Waals surface area (Å²) in [6, 6.07) is 0. The van der Waals surface area contributed by atoms with E-state index in [1.165, 1.54) is 5.48 Å². The number of rotatable bonds is 2. The first kappa shape index (κ1) is 6.35. The van der Waals surface area contributed by atoms with Crippen molar-refractivity contribution in [2.75, 3.05) is 0 Å². The SMILES string of the molecule is NC(NO)C(=O)O. The first-order valence-corrected chi connectivity index (χ1v) is 1.56. The van der Waals surface area contributed by atoms with Gasteiger partial charge in [0.2, 0.25) is 0 Å². The molecule has 1 unspecified atom stereocenters. The van der Waals surface area contributed by atoms with Crippen LogP contribution < -0.4 is 11.2 Å². The fourth-order valence-corrected chi connectivity index (χ4v) is 0.0552. The van der Waals surface area contributed by atoms with Crippen LogP contribution in [0.1, 0.15) is 0 Å². The summed E-state index contributed by atoms with van der Waals surface area (Å²) in [7, 11) is 0. The number of nitrogens with two attached hydrogens (primary N) is 1. The lowest BCUT2D eigenvalue weighted by Crippen LogP contribution is -2.42. The normalized spacial score (nSPS) is 13.4. The van der Waals surface area contributed by atoms with E-state index in [1.807, 2.05) is 0 Å². The third-order valence-corrected chi connectivity index (χ3v) is 0.405. The van der Waals surface area contributed by atoms with Crippen molar-refractivity contribution in [3.05, 3.63) is 0 Å². The van der Waals surface area contributed by atoms with Crippen molar-refractivity contribution in [3.63, 3.8) is 0 Å². The lowest BCUT2D eigenvalue weighted by atomic mass is 10.6. The number of hydroxylamine groups is 1. The Hall–Kier alpha value is -0.650. The predicted octanol–water partition coefficient (Wildman–Crippen LogP) is -1.67. The molecule has 0 spiro atoms. The lowest BCUT2D eigenvalue weighted by molar-refractivity contribution is -0.142. The first-order chi connectivity index (χ1) is 3.18. The van der Waals surface area contributed by atoms with Gasteiger partial charge in [0, 0.05) is 0 Å². The van der Waals surface area contributed by atoms with E-state index in [1.54, 1.807) is 0 Å². The Morgan fingerprint density at radius 1 is 1.86 bits per heavy atom. The molecule has 5 heteroatoms. The molecular weight excluding hydrogens is 100 g/mol. The molecule has 0 bridgehead atoms. The molecular formula is C2H6N2O3. The first-order valence-electron chi connectivity index (χ1n) is 1.56. The molecule has 0 aliphatic heterocycles. The van der Waals surface area contributed by atoms with Crippen LogP contribution in [0, 0.1) is 0 Å². The third kappa shape index (κ3) is 2.10. The molecule has 1 atom stereocenters. The van der Waals surface area contributed by atoms with Gasteiger partial charge in [-0.1, -0.05) is 0 Å². The molecule has 0 radical (unpaired) electrons. The second-order valence-corrected chi connectivity index (χ2v) is 0.945. The Balaban J connectivity index is 3.34. The van der Waals surface area contributed by atoms with Crippen LogP contribution in [0.15, 0.2) is 0 Å². The van der Waals surface area contributed by atoms with Gasteiger partial charge in [-0.05, 0) is 0 Å². The molecule has 0 aliphatic rings. The van der Waals surface area contributed by atoms with E-state index in [0.717, 1.165) is 0 Å². The summed E-state index contributed by atoms with van der Waals surface area (Å²) in [5, 5.41) is 15.6. The second-order valence-electron chi connectivity index (χ2n) is 0.945. The van der Waals surface area contributed by atoms with Crippen LogP contribution in [-0.2, 0) is 4.79 Å². The van der Waals surface area contributed by atoms with Crippen LogP contribution in [0.2, 0.25) is 0 Å². The Morgan fingerprint density at radius 2 is 2.29 bits per heavy atom. The van der Waals surface area contributed by atoms with Gasteiger partial charge in [-0.2, -0.15) is 5.48 Å². The molecule has 0 heterocycles. The smallest absolute Gasteiger partial charge is 0.337 e. The molecule has 0 fully saturated rings. The lowest BCUT2D eigenvalue weighted by Gasteiger charge is -1.98. The van der Waals surface area contributed by atoms with Crippen molar-refractivity contribution in [2.24, 2.45) is 5.73 Å². The minimum Gasteiger partial charge on any atom is -0.479 e. The van der Waals surface area contributed by atoms with Crippen molar-refractivity contribution in [3.8, 4) is 0 Å². The van der Waals surface area contributed by atoms with Crippen molar-refractivity contribution in [1.29, 1.82) is 0 Å². The number of aliphatic carboxylic acids is 1. The summed E-state index contributed by atoms with van der Waals surface area (Å²) in [6.07, 6.45) is -1.38. The molecule has 0 amide bonds. The topological polar surface area (TPSA) is 95.6 Å². The Morgan fingerprint density at radius 3 is 2.29 bits per heavy atom. The van der Waals surface area contributed by atoms with E-state index in [2.05, 4.69) is 5.73 Å². The molecule has 0 aliphatic carbocycles. The summed E-state index contributed by atoms with van der Waals surface area (Å²) in [5.74, 6) is -1.29. The Kier molecular flexibility index (Phi) is 2.28. The second kappa shape index (κ2) is 2.51. The standard InChI is InChI=1S/C2H6N2O3/c3-1(4-7)2(5)6/h1,4,7H,3H2,(H,5,6). The number of carboxylic acid groups (broad SMARTS) is 1. The highest BCUT2D eigenvalue weighted by Gasteiger charge is 2.06. The van der Waals surface area contributed by atoms with Gasteiger partial charge in [-0.15, -0.1) is 0 Å². The molecule has 0 saturated carbocycles. The van der Waals surface area contributed by atoms with Gasteiger partial charge in [-0.3, -0.25) is 0 Å². The molecule has 0 saturated heterocycles. The fourth-order valence-electron chi connectivity index (χ4n) is 0.0552. The monoisotopic (exact) mass is 106 g/mol. The van der Waals surface area contributed by atoms with Crippen LogP contribution >= 0.6 is 0 Å². The van der Waals surface area contributed by atoms with Gasteiger partial charge in [0.15, 0.2) is 6.17 Å². The zero-order chi connectivity index (χ0) is 5.86. The Bertz CT molecular complexity index is 73.3. The van der Waals surface area contributed by atoms with Crippen molar-refractivity contribution < 1.29 is 15.1 Å². The molecule has 5 nitrogen and oxygen atoms in total. The van der Waals surface area contributed by atoms with Crippen LogP contribution in [0.3, 0.4) is 0 Å². The molecule has 42 valence electrons. The maximum absolute atomic E-state index is 9.58. The average Bonchev–Trinajstić information content (AvgIpc) is 1.65. The predicted molar refractivity (Wildman–Crippen MR) is 20.5 cm³/mol. The molecule has 0 aromatic carbocycles. The van der Waals surface area contributed by atoms with Crippen molar-refractivity contribution >= 4 is 5.97 Å². The molecule has 5 N–H and O–H groups in total. The summed E-state index contributed by atoms with van der Waals surface area (Å²) in [6.45, 7) is 0. The number of carbonyl (C=O) groups is 1. The quantitative estimate of drug-likeness (QED) is 0.249. The molecule has 7 heavy (non-hydrogen) atoms. The summed E-state index contributed by atoms with van der Waals surface area (Å²) < 4.78 is 0. The van der Waals surface area contributed by atoms with Gasteiger partial charge in [0.1, 0.15) is 0 Å². The van der Waals surface area contributed by atoms with E-state index < -0.39 is 12.1 Å². The van der Waals surface area contributed by atoms with E-state index in [9.17, 15) is 4.79 Å². The number of nitrogens with one attached hydrogen (secondary N) is 1. The number of hydrogen-bond acceptors (Lipinski definition) is 4. The molecule has 0 aromatic heterocycles. The van der Waals surface area contributed by atoms with E-state index in [-0.39, 0.29) is 0 Å². The summed E-state index contributed by atoms with van der Waals surface area (Å²) in [4.78, 5) is 9.58. The van der Waals surface area contributed by atoms with E-state index >= 15 is 0 Å². The molecule has 0 aromatic rings. The maximum Gasteiger partial charge on any atom is 0.337 e. The zero-order valence-electron chi connectivity index (χ0n) is 3.46. The zero-order valence-corrected chi connectivity index (χ0v) is 3.46. The van der Waals surface area contributed by atoms with E-state index in [0.29, 0.717) is 0 Å². The highest BCUT2D eigenvalue weighted by molar-refractivity contribution is 5.72. The maximum atomic E-state index is 9.58. The minimum atomic E-state index is -1.38. The minimum absolute atomic E-state index is 1.29. The Labute approximate surface area is 39.7 Å². The van der Waals surface area contributed by atoms with Gasteiger partial charge in [0.25, 0.3) is 0 Å². The number of carboxylic acids is 1.